The van der Waals surface area contributed by atoms with E-state index in [4.69, 9.17) is 22.1 Å². The number of carbonyl (C=O) groups excluding carboxylic acids is 2. The van der Waals surface area contributed by atoms with Crippen molar-refractivity contribution in [3.63, 3.8) is 0 Å². The van der Waals surface area contributed by atoms with Crippen LogP contribution in [0.2, 0.25) is 5.02 Å². The lowest BCUT2D eigenvalue weighted by molar-refractivity contribution is -0.129. The second kappa shape index (κ2) is 4.73. The van der Waals surface area contributed by atoms with E-state index >= 15 is 0 Å². The van der Waals surface area contributed by atoms with Crippen molar-refractivity contribution in [1.82, 2.24) is 4.90 Å². The van der Waals surface area contributed by atoms with E-state index in [-0.39, 0.29) is 13.1 Å². The van der Waals surface area contributed by atoms with Gasteiger partial charge in [0.2, 0.25) is 6.10 Å². The Morgan fingerprint density at radius 1 is 1.35 bits per heavy atom. The molecule has 17 heavy (non-hydrogen) atoms. The summed E-state index contributed by atoms with van der Waals surface area (Å²) in [7, 11) is 0. The number of benzene rings is 1. The molecule has 2 N–H and O–H groups in total. The highest BCUT2D eigenvalue weighted by Crippen LogP contribution is 2.31. The van der Waals surface area contributed by atoms with Gasteiger partial charge in [0.05, 0.1) is 0 Å². The quantitative estimate of drug-likeness (QED) is 0.883. The molecule has 1 saturated heterocycles. The third-order valence-electron chi connectivity index (χ3n) is 2.47. The van der Waals surface area contributed by atoms with Gasteiger partial charge in [-0.3, -0.25) is 4.79 Å². The zero-order chi connectivity index (χ0) is 12.4. The van der Waals surface area contributed by atoms with Gasteiger partial charge < -0.3 is 10.5 Å². The van der Waals surface area contributed by atoms with Gasteiger partial charge in [0.25, 0.3) is 5.91 Å². The highest BCUT2D eigenvalue weighted by Gasteiger charge is 2.41. The van der Waals surface area contributed by atoms with E-state index in [1.54, 1.807) is 24.3 Å². The van der Waals surface area contributed by atoms with Crippen LogP contribution in [0.3, 0.4) is 0 Å². The Morgan fingerprint density at radius 3 is 2.71 bits per heavy atom. The maximum absolute atomic E-state index is 11.9. The van der Waals surface area contributed by atoms with Gasteiger partial charge in [0.15, 0.2) is 0 Å². The Hall–Kier alpha value is -1.59. The molecule has 0 bridgehead atoms. The van der Waals surface area contributed by atoms with E-state index < -0.39 is 18.1 Å². The number of amides is 2. The molecule has 2 rings (SSSR count). The molecule has 1 aromatic rings. The molecule has 0 saturated carbocycles. The van der Waals surface area contributed by atoms with Crippen LogP contribution < -0.4 is 5.73 Å². The van der Waals surface area contributed by atoms with Crippen LogP contribution in [0.4, 0.5) is 4.79 Å². The van der Waals surface area contributed by atoms with E-state index in [0.29, 0.717) is 10.6 Å². The Morgan fingerprint density at radius 2 is 2.06 bits per heavy atom. The van der Waals surface area contributed by atoms with Gasteiger partial charge in [-0.15, -0.1) is 0 Å². The molecule has 1 aromatic carbocycles. The standard InChI is InChI=1S/C11H11ClN2O3/c12-8-4-2-1-3-7(8)9-10(15)14(6-5-13)11(16)17-9/h1-4,9H,5-6,13H2. The Bertz CT molecular complexity index is 464. The summed E-state index contributed by atoms with van der Waals surface area (Å²) < 4.78 is 5.00. The van der Waals surface area contributed by atoms with Gasteiger partial charge in [0, 0.05) is 23.7 Å². The molecule has 1 aliphatic rings. The minimum absolute atomic E-state index is 0.151. The van der Waals surface area contributed by atoms with Crippen LogP contribution in [0.1, 0.15) is 11.7 Å². The second-order valence-corrected chi connectivity index (χ2v) is 3.97. The number of halogens is 1. The summed E-state index contributed by atoms with van der Waals surface area (Å²) in [5.74, 6) is -0.423. The first kappa shape index (κ1) is 11.9. The molecule has 6 heteroatoms. The van der Waals surface area contributed by atoms with E-state index in [1.165, 1.54) is 0 Å². The fourth-order valence-corrected chi connectivity index (χ4v) is 1.90. The van der Waals surface area contributed by atoms with Crippen molar-refractivity contribution in [3.8, 4) is 0 Å². The Labute approximate surface area is 103 Å². The van der Waals surface area contributed by atoms with Crippen molar-refractivity contribution < 1.29 is 14.3 Å². The number of nitrogens with two attached hydrogens (primary N) is 1. The average Bonchev–Trinajstić information content (AvgIpc) is 2.58. The van der Waals surface area contributed by atoms with E-state index in [1.807, 2.05) is 0 Å². The molecule has 0 spiro atoms. The van der Waals surface area contributed by atoms with Crippen molar-refractivity contribution >= 4 is 23.6 Å². The van der Waals surface area contributed by atoms with Crippen molar-refractivity contribution in [2.45, 2.75) is 6.10 Å². The highest BCUT2D eigenvalue weighted by atomic mass is 35.5. The maximum atomic E-state index is 11.9. The molecule has 90 valence electrons. The molecule has 1 fully saturated rings. The van der Waals surface area contributed by atoms with E-state index in [9.17, 15) is 9.59 Å². The number of hydrogen-bond acceptors (Lipinski definition) is 4. The van der Waals surface area contributed by atoms with Crippen molar-refractivity contribution in [3.05, 3.63) is 34.9 Å². The van der Waals surface area contributed by atoms with Crippen molar-refractivity contribution in [2.75, 3.05) is 13.1 Å². The number of rotatable bonds is 3. The first-order valence-corrected chi connectivity index (χ1v) is 5.49. The zero-order valence-electron chi connectivity index (χ0n) is 8.93. The summed E-state index contributed by atoms with van der Waals surface area (Å²) >= 11 is 5.96. The fourth-order valence-electron chi connectivity index (χ4n) is 1.66. The SMILES string of the molecule is NCCN1C(=O)OC(c2ccccc2Cl)C1=O. The minimum Gasteiger partial charge on any atom is -0.431 e. The molecule has 0 aliphatic carbocycles. The number of cyclic esters (lactones) is 1. The van der Waals surface area contributed by atoms with Crippen molar-refractivity contribution in [1.29, 1.82) is 0 Å². The summed E-state index contributed by atoms with van der Waals surface area (Å²) in [6.45, 7) is 0.356. The number of ether oxygens (including phenoxy) is 1. The van der Waals surface area contributed by atoms with Crippen molar-refractivity contribution in [2.24, 2.45) is 5.73 Å². The van der Waals surface area contributed by atoms with Crippen LogP contribution in [0.15, 0.2) is 24.3 Å². The summed E-state index contributed by atoms with van der Waals surface area (Å²) in [5, 5.41) is 0.397. The van der Waals surface area contributed by atoms with Gasteiger partial charge in [-0.05, 0) is 6.07 Å². The van der Waals surface area contributed by atoms with Crippen LogP contribution in [-0.4, -0.2) is 30.0 Å². The number of carbonyl (C=O) groups is 2. The summed E-state index contributed by atoms with van der Waals surface area (Å²) in [4.78, 5) is 24.4. The summed E-state index contributed by atoms with van der Waals surface area (Å²) in [6, 6.07) is 6.77. The number of nitrogens with zero attached hydrogens (tertiary/aromatic N) is 1. The molecular weight excluding hydrogens is 244 g/mol. The third kappa shape index (κ3) is 2.11. The first-order valence-electron chi connectivity index (χ1n) is 5.11. The van der Waals surface area contributed by atoms with Gasteiger partial charge in [0.1, 0.15) is 0 Å². The fraction of sp³-hybridized carbons (Fsp3) is 0.273. The molecule has 1 unspecified atom stereocenters. The van der Waals surface area contributed by atoms with Gasteiger partial charge >= 0.3 is 6.09 Å². The lowest BCUT2D eigenvalue weighted by Gasteiger charge is -2.10. The maximum Gasteiger partial charge on any atom is 0.417 e. The van der Waals surface area contributed by atoms with Gasteiger partial charge in [-0.2, -0.15) is 0 Å². The van der Waals surface area contributed by atoms with Crippen LogP contribution in [-0.2, 0) is 9.53 Å². The number of imide groups is 1. The van der Waals surface area contributed by atoms with Gasteiger partial charge in [-0.1, -0.05) is 29.8 Å². The monoisotopic (exact) mass is 254 g/mol. The van der Waals surface area contributed by atoms with Crippen LogP contribution >= 0.6 is 11.6 Å². The normalized spacial score (nSPS) is 19.6. The summed E-state index contributed by atoms with van der Waals surface area (Å²) in [6.07, 6.45) is -1.63. The molecule has 5 nitrogen and oxygen atoms in total. The lowest BCUT2D eigenvalue weighted by atomic mass is 10.1. The summed E-state index contributed by atoms with van der Waals surface area (Å²) in [5.41, 5.74) is 5.81. The number of hydrogen-bond donors (Lipinski definition) is 1. The molecule has 1 aliphatic heterocycles. The zero-order valence-corrected chi connectivity index (χ0v) is 9.68. The Balaban J connectivity index is 2.28. The minimum atomic E-state index is -0.956. The van der Waals surface area contributed by atoms with Crippen LogP contribution in [0.5, 0.6) is 0 Å². The molecule has 0 radical (unpaired) electrons. The molecular formula is C11H11ClN2O3. The average molecular weight is 255 g/mol. The first-order chi connectivity index (χ1) is 8.15. The highest BCUT2D eigenvalue weighted by molar-refractivity contribution is 6.31. The van der Waals surface area contributed by atoms with E-state index in [0.717, 1.165) is 4.90 Å². The third-order valence-corrected chi connectivity index (χ3v) is 2.81. The molecule has 1 heterocycles. The molecule has 0 aromatic heterocycles. The predicted octanol–water partition coefficient (Wildman–Crippen LogP) is 1.32. The Kier molecular flexibility index (Phi) is 3.31. The van der Waals surface area contributed by atoms with Gasteiger partial charge in [-0.25, -0.2) is 9.69 Å². The van der Waals surface area contributed by atoms with Crippen LogP contribution in [0, 0.1) is 0 Å². The predicted molar refractivity (Wildman–Crippen MR) is 61.4 cm³/mol. The van der Waals surface area contributed by atoms with Crippen LogP contribution in [0.25, 0.3) is 0 Å². The second-order valence-electron chi connectivity index (χ2n) is 3.56. The lowest BCUT2D eigenvalue weighted by Crippen LogP contribution is -2.34. The smallest absolute Gasteiger partial charge is 0.417 e. The molecule has 1 atom stereocenters. The molecule has 2 amide bonds. The van der Waals surface area contributed by atoms with E-state index in [2.05, 4.69) is 0 Å². The topological polar surface area (TPSA) is 72.6 Å². The largest absolute Gasteiger partial charge is 0.431 e.